The zero-order chi connectivity index (χ0) is 25.0. The lowest BCUT2D eigenvalue weighted by atomic mass is 9.84. The SMILES string of the molecule is C[C@@H]([C@@H](CCCCc1ccccc1)C(=O)N[C@H](C(=O)NCCN(C)C)C(C)(C)C)N(O)C=O. The van der Waals surface area contributed by atoms with E-state index in [1.54, 1.807) is 6.92 Å². The molecule has 0 fully saturated rings. The van der Waals surface area contributed by atoms with Gasteiger partial charge >= 0.3 is 0 Å². The standard InChI is InChI=1S/C25H42N4O4/c1-19(29(33)18-30)21(15-11-10-14-20-12-8-7-9-13-20)23(31)27-22(25(2,3)4)24(32)26-16-17-28(5)6/h7-9,12-13,18-19,21-22,33H,10-11,14-17H2,1-6H3,(H,26,32)(H,27,31)/t19-,21+,22+/m0/s1. The molecule has 3 N–H and O–H groups in total. The van der Waals surface area contributed by atoms with E-state index in [1.807, 2.05) is 58.0 Å². The Morgan fingerprint density at radius 1 is 1.09 bits per heavy atom. The summed E-state index contributed by atoms with van der Waals surface area (Å²) < 4.78 is 0. The zero-order valence-corrected chi connectivity index (χ0v) is 21.0. The Morgan fingerprint density at radius 2 is 1.73 bits per heavy atom. The Labute approximate surface area is 198 Å². The molecule has 0 saturated heterocycles. The molecule has 0 bridgehead atoms. The average molecular weight is 463 g/mol. The third-order valence-electron chi connectivity index (χ3n) is 5.79. The predicted molar refractivity (Wildman–Crippen MR) is 130 cm³/mol. The van der Waals surface area contributed by atoms with Gasteiger partial charge in [-0.2, -0.15) is 0 Å². The molecule has 3 atom stereocenters. The second kappa shape index (κ2) is 14.0. The topological polar surface area (TPSA) is 102 Å². The van der Waals surface area contributed by atoms with Crippen LogP contribution in [-0.2, 0) is 20.8 Å². The van der Waals surface area contributed by atoms with Crippen LogP contribution in [0.3, 0.4) is 0 Å². The highest BCUT2D eigenvalue weighted by Gasteiger charge is 2.36. The summed E-state index contributed by atoms with van der Waals surface area (Å²) in [6.07, 6.45) is 3.31. The quantitative estimate of drug-likeness (QED) is 0.171. The largest absolute Gasteiger partial charge is 0.353 e. The lowest BCUT2D eigenvalue weighted by molar-refractivity contribution is -0.166. The zero-order valence-electron chi connectivity index (χ0n) is 21.0. The Kier molecular flexibility index (Phi) is 12.1. The Morgan fingerprint density at radius 3 is 2.27 bits per heavy atom. The third kappa shape index (κ3) is 10.4. The maximum Gasteiger partial charge on any atom is 0.243 e. The average Bonchev–Trinajstić information content (AvgIpc) is 2.75. The van der Waals surface area contributed by atoms with Gasteiger partial charge in [-0.15, -0.1) is 0 Å². The van der Waals surface area contributed by atoms with Gasteiger partial charge in [0.2, 0.25) is 18.2 Å². The van der Waals surface area contributed by atoms with Crippen molar-refractivity contribution in [2.45, 2.75) is 65.5 Å². The molecule has 0 radical (unpaired) electrons. The van der Waals surface area contributed by atoms with Crippen molar-refractivity contribution in [1.29, 1.82) is 0 Å². The van der Waals surface area contributed by atoms with Crippen molar-refractivity contribution in [2.75, 3.05) is 27.2 Å². The fourth-order valence-corrected chi connectivity index (χ4v) is 3.64. The minimum Gasteiger partial charge on any atom is -0.353 e. The minimum absolute atomic E-state index is 0.246. The van der Waals surface area contributed by atoms with E-state index in [0.717, 1.165) is 19.3 Å². The molecular formula is C25H42N4O4. The molecule has 186 valence electrons. The molecule has 0 aliphatic rings. The number of carbonyl (C=O) groups excluding carboxylic acids is 3. The molecule has 33 heavy (non-hydrogen) atoms. The molecule has 0 aliphatic carbocycles. The third-order valence-corrected chi connectivity index (χ3v) is 5.79. The first kappa shape index (κ1) is 28.6. The predicted octanol–water partition coefficient (Wildman–Crippen LogP) is 2.46. The van der Waals surface area contributed by atoms with Gasteiger partial charge in [0.05, 0.1) is 12.0 Å². The lowest BCUT2D eigenvalue weighted by Crippen LogP contribution is -2.56. The van der Waals surface area contributed by atoms with Gasteiger partial charge in [0.25, 0.3) is 0 Å². The molecule has 1 rings (SSSR count). The van der Waals surface area contributed by atoms with Crippen LogP contribution in [-0.4, -0.2) is 72.7 Å². The Bertz CT molecular complexity index is 734. The first-order valence-electron chi connectivity index (χ1n) is 11.7. The van der Waals surface area contributed by atoms with Gasteiger partial charge in [0.15, 0.2) is 0 Å². The van der Waals surface area contributed by atoms with Crippen molar-refractivity contribution in [3.05, 3.63) is 35.9 Å². The van der Waals surface area contributed by atoms with E-state index in [4.69, 9.17) is 0 Å². The fourth-order valence-electron chi connectivity index (χ4n) is 3.64. The van der Waals surface area contributed by atoms with Gasteiger partial charge < -0.3 is 15.5 Å². The van der Waals surface area contributed by atoms with Crippen molar-refractivity contribution in [1.82, 2.24) is 20.6 Å². The van der Waals surface area contributed by atoms with E-state index in [-0.39, 0.29) is 11.8 Å². The van der Waals surface area contributed by atoms with Crippen LogP contribution in [0, 0.1) is 11.3 Å². The number of carbonyl (C=O) groups is 3. The van der Waals surface area contributed by atoms with Crippen LogP contribution in [0.4, 0.5) is 0 Å². The van der Waals surface area contributed by atoms with Crippen molar-refractivity contribution >= 4 is 18.2 Å². The number of hydrogen-bond acceptors (Lipinski definition) is 5. The van der Waals surface area contributed by atoms with Gasteiger partial charge in [0, 0.05) is 13.1 Å². The van der Waals surface area contributed by atoms with Crippen LogP contribution >= 0.6 is 0 Å². The van der Waals surface area contributed by atoms with Crippen molar-refractivity contribution in [3.63, 3.8) is 0 Å². The molecule has 8 nitrogen and oxygen atoms in total. The van der Waals surface area contributed by atoms with Crippen LogP contribution in [0.1, 0.15) is 52.5 Å². The summed E-state index contributed by atoms with van der Waals surface area (Å²) in [6, 6.07) is 8.65. The molecule has 0 unspecified atom stereocenters. The van der Waals surface area contributed by atoms with E-state index in [2.05, 4.69) is 22.8 Å². The molecule has 1 aromatic rings. The summed E-state index contributed by atoms with van der Waals surface area (Å²) in [5, 5.41) is 16.3. The molecular weight excluding hydrogens is 420 g/mol. The molecule has 0 aromatic heterocycles. The van der Waals surface area contributed by atoms with Crippen molar-refractivity contribution in [3.8, 4) is 0 Å². The number of aryl methyl sites for hydroxylation is 1. The molecule has 8 heteroatoms. The molecule has 0 spiro atoms. The summed E-state index contributed by atoms with van der Waals surface area (Å²) >= 11 is 0. The summed E-state index contributed by atoms with van der Waals surface area (Å²) in [7, 11) is 3.85. The minimum atomic E-state index is -0.741. The number of likely N-dealkylation sites (N-methyl/N-ethyl adjacent to an activating group) is 1. The number of benzene rings is 1. The van der Waals surface area contributed by atoms with Gasteiger partial charge in [-0.3, -0.25) is 19.6 Å². The highest BCUT2D eigenvalue weighted by molar-refractivity contribution is 5.89. The highest BCUT2D eigenvalue weighted by atomic mass is 16.5. The Hall–Kier alpha value is -2.45. The van der Waals surface area contributed by atoms with Crippen LogP contribution < -0.4 is 10.6 Å². The second-order valence-electron chi connectivity index (χ2n) is 9.97. The summed E-state index contributed by atoms with van der Waals surface area (Å²) in [4.78, 5) is 39.2. The smallest absolute Gasteiger partial charge is 0.243 e. The van der Waals surface area contributed by atoms with Crippen molar-refractivity contribution in [2.24, 2.45) is 11.3 Å². The summed E-state index contributed by atoms with van der Waals surface area (Å²) in [5.74, 6) is -1.23. The summed E-state index contributed by atoms with van der Waals surface area (Å²) in [5.41, 5.74) is 0.716. The number of nitrogens with zero attached hydrogens (tertiary/aromatic N) is 2. The van der Waals surface area contributed by atoms with E-state index in [9.17, 15) is 19.6 Å². The molecule has 0 saturated carbocycles. The monoisotopic (exact) mass is 462 g/mol. The fraction of sp³-hybridized carbons (Fsp3) is 0.640. The first-order valence-corrected chi connectivity index (χ1v) is 11.7. The summed E-state index contributed by atoms with van der Waals surface area (Å²) in [6.45, 7) is 8.49. The normalized spacial score (nSPS) is 14.3. The van der Waals surface area contributed by atoms with E-state index >= 15 is 0 Å². The van der Waals surface area contributed by atoms with Gasteiger partial charge in [-0.25, -0.2) is 5.06 Å². The van der Waals surface area contributed by atoms with E-state index in [1.165, 1.54) is 5.56 Å². The maximum atomic E-state index is 13.3. The molecule has 0 heterocycles. The van der Waals surface area contributed by atoms with E-state index < -0.39 is 23.4 Å². The maximum absolute atomic E-state index is 13.3. The number of hydrogen-bond donors (Lipinski definition) is 3. The molecule has 1 aromatic carbocycles. The van der Waals surface area contributed by atoms with Crippen molar-refractivity contribution < 1.29 is 19.6 Å². The van der Waals surface area contributed by atoms with Gasteiger partial charge in [-0.1, -0.05) is 57.5 Å². The van der Waals surface area contributed by atoms with Gasteiger partial charge in [-0.05, 0) is 51.3 Å². The molecule has 0 aliphatic heterocycles. The molecule has 3 amide bonds. The van der Waals surface area contributed by atoms with Gasteiger partial charge in [0.1, 0.15) is 6.04 Å². The number of rotatable bonds is 14. The first-order chi connectivity index (χ1) is 15.5. The number of hydroxylamine groups is 2. The Balaban J connectivity index is 2.85. The number of amides is 3. The highest BCUT2D eigenvalue weighted by Crippen LogP contribution is 2.23. The van der Waals surface area contributed by atoms with Crippen LogP contribution in [0.15, 0.2) is 30.3 Å². The van der Waals surface area contributed by atoms with Crippen LogP contribution in [0.25, 0.3) is 0 Å². The van der Waals surface area contributed by atoms with E-state index in [0.29, 0.717) is 31.0 Å². The van der Waals surface area contributed by atoms with Crippen LogP contribution in [0.2, 0.25) is 0 Å². The number of nitrogens with one attached hydrogen (secondary N) is 2. The second-order valence-corrected chi connectivity index (χ2v) is 9.97. The number of unbranched alkanes of at least 4 members (excludes halogenated alkanes) is 1. The lowest BCUT2D eigenvalue weighted by Gasteiger charge is -2.33. The van der Waals surface area contributed by atoms with Crippen LogP contribution in [0.5, 0.6) is 0 Å².